The summed E-state index contributed by atoms with van der Waals surface area (Å²) in [5, 5.41) is 9.34. The van der Waals surface area contributed by atoms with Crippen LogP contribution in [0, 0.1) is 0 Å². The van der Waals surface area contributed by atoms with Crippen molar-refractivity contribution >= 4 is 44.2 Å². The Bertz CT molecular complexity index is 1930. The third kappa shape index (κ3) is 3.67. The van der Waals surface area contributed by atoms with Crippen molar-refractivity contribution in [1.82, 2.24) is 9.97 Å². The molecule has 0 radical (unpaired) electrons. The summed E-state index contributed by atoms with van der Waals surface area (Å²) in [6, 6.07) is 32.7. The van der Waals surface area contributed by atoms with Gasteiger partial charge in [-0.2, -0.15) is 5.10 Å². The first-order valence-corrected chi connectivity index (χ1v) is 12.9. The van der Waals surface area contributed by atoms with Crippen molar-refractivity contribution in [3.63, 3.8) is 0 Å². The van der Waals surface area contributed by atoms with Crippen LogP contribution in [0.5, 0.6) is 11.5 Å². The van der Waals surface area contributed by atoms with Crippen molar-refractivity contribution < 1.29 is 9.47 Å². The number of hydrogen-bond acceptors (Lipinski definition) is 6. The lowest BCUT2D eigenvalue weighted by atomic mass is 9.80. The zero-order valence-corrected chi connectivity index (χ0v) is 21.9. The van der Waals surface area contributed by atoms with Gasteiger partial charge in [0, 0.05) is 28.9 Å². The van der Waals surface area contributed by atoms with E-state index in [1.165, 1.54) is 0 Å². The summed E-state index contributed by atoms with van der Waals surface area (Å²) >= 11 is 0. The van der Waals surface area contributed by atoms with Gasteiger partial charge in [-0.15, -0.1) is 0 Å². The van der Waals surface area contributed by atoms with Gasteiger partial charge in [0.1, 0.15) is 11.5 Å². The van der Waals surface area contributed by atoms with Gasteiger partial charge in [0.05, 0.1) is 53.6 Å². The largest absolute Gasteiger partial charge is 0.497 e. The van der Waals surface area contributed by atoms with Gasteiger partial charge >= 0.3 is 0 Å². The second kappa shape index (κ2) is 9.10. The Morgan fingerprint density at radius 2 is 1.31 bits per heavy atom. The number of fused-ring (bicyclic) bond motifs is 7. The zero-order valence-electron chi connectivity index (χ0n) is 21.9. The van der Waals surface area contributed by atoms with Crippen LogP contribution in [-0.4, -0.2) is 36.9 Å². The Labute approximate surface area is 226 Å². The molecule has 0 saturated heterocycles. The molecule has 0 saturated carbocycles. The molecule has 6 nitrogen and oxygen atoms in total. The average molecular weight is 511 g/mol. The van der Waals surface area contributed by atoms with Crippen LogP contribution >= 0.6 is 0 Å². The lowest BCUT2D eigenvalue weighted by Gasteiger charge is -2.34. The number of hydrogen-bond donors (Lipinski definition) is 0. The molecule has 0 aliphatic carbocycles. The number of anilines is 1. The molecule has 1 aliphatic heterocycles. The molecule has 1 aromatic heterocycles. The van der Waals surface area contributed by atoms with Crippen molar-refractivity contribution in [1.29, 1.82) is 0 Å². The molecule has 1 unspecified atom stereocenters. The van der Waals surface area contributed by atoms with E-state index in [4.69, 9.17) is 24.5 Å². The quantitative estimate of drug-likeness (QED) is 0.190. The van der Waals surface area contributed by atoms with Crippen LogP contribution in [0.15, 0.2) is 102 Å². The van der Waals surface area contributed by atoms with E-state index >= 15 is 0 Å². The molecule has 0 amide bonds. The molecule has 6 heteroatoms. The number of rotatable bonds is 4. The normalized spacial score (nSPS) is 14.9. The first-order chi connectivity index (χ1) is 19.2. The molecule has 0 N–H and O–H groups in total. The number of benzene rings is 5. The maximum atomic E-state index is 5.65. The van der Waals surface area contributed by atoms with E-state index in [1.54, 1.807) is 14.2 Å². The molecule has 1 atom stereocenters. The van der Waals surface area contributed by atoms with E-state index in [1.807, 2.05) is 66.7 Å². The first kappa shape index (κ1) is 23.2. The van der Waals surface area contributed by atoms with E-state index < -0.39 is 0 Å². The number of methoxy groups -OCH3 is 2. The van der Waals surface area contributed by atoms with E-state index in [0.29, 0.717) is 0 Å². The van der Waals surface area contributed by atoms with E-state index in [9.17, 15) is 0 Å². The minimum absolute atomic E-state index is 0.221. The molecule has 7 rings (SSSR count). The maximum absolute atomic E-state index is 5.65. The fourth-order valence-corrected chi connectivity index (χ4v) is 5.71. The summed E-state index contributed by atoms with van der Waals surface area (Å²) in [5.41, 5.74) is 8.55. The number of nitrogens with zero attached hydrogens (tertiary/aromatic N) is 4. The summed E-state index contributed by atoms with van der Waals surface area (Å²) < 4.78 is 11.2. The molecular formula is C33H26N4O2. The minimum atomic E-state index is -0.221. The number of aromatic nitrogens is 2. The molecule has 190 valence electrons. The highest BCUT2D eigenvalue weighted by Crippen LogP contribution is 2.47. The Balaban J connectivity index is 1.64. The van der Waals surface area contributed by atoms with Crippen molar-refractivity contribution in [2.24, 2.45) is 5.10 Å². The SMILES string of the molecule is COc1cccc(C2=NN(C)c3c(c4nc5ccccc5nc4c4ccccc34)C2c2cccc(OC)c2)c1. The molecule has 0 spiro atoms. The number of hydrazone groups is 1. The zero-order chi connectivity index (χ0) is 26.5. The third-order valence-corrected chi connectivity index (χ3v) is 7.45. The van der Waals surface area contributed by atoms with Crippen LogP contribution in [0.4, 0.5) is 5.69 Å². The minimum Gasteiger partial charge on any atom is -0.497 e. The Morgan fingerprint density at radius 3 is 2.05 bits per heavy atom. The number of para-hydroxylation sites is 2. The molecule has 0 bridgehead atoms. The highest BCUT2D eigenvalue weighted by molar-refractivity contribution is 6.19. The summed E-state index contributed by atoms with van der Waals surface area (Å²) in [6.45, 7) is 0. The molecule has 6 aromatic rings. The molecule has 0 fully saturated rings. The highest BCUT2D eigenvalue weighted by atomic mass is 16.5. The van der Waals surface area contributed by atoms with Crippen LogP contribution in [0.25, 0.3) is 32.8 Å². The molecule has 1 aliphatic rings. The molecular weight excluding hydrogens is 484 g/mol. The predicted molar refractivity (Wildman–Crippen MR) is 157 cm³/mol. The topological polar surface area (TPSA) is 59.8 Å². The fourth-order valence-electron chi connectivity index (χ4n) is 5.71. The molecule has 5 aromatic carbocycles. The smallest absolute Gasteiger partial charge is 0.119 e. The van der Waals surface area contributed by atoms with Gasteiger partial charge in [-0.05, 0) is 42.0 Å². The summed E-state index contributed by atoms with van der Waals surface area (Å²) in [6.07, 6.45) is 0. The van der Waals surface area contributed by atoms with Gasteiger partial charge in [-0.25, -0.2) is 9.97 Å². The van der Waals surface area contributed by atoms with Crippen molar-refractivity contribution in [2.75, 3.05) is 26.3 Å². The lowest BCUT2D eigenvalue weighted by molar-refractivity contribution is 0.414. The lowest BCUT2D eigenvalue weighted by Crippen LogP contribution is -2.28. The van der Waals surface area contributed by atoms with Crippen molar-refractivity contribution in [3.05, 3.63) is 114 Å². The number of ether oxygens (including phenoxy) is 2. The first-order valence-electron chi connectivity index (χ1n) is 12.9. The van der Waals surface area contributed by atoms with Crippen LogP contribution in [0.3, 0.4) is 0 Å². The second-order valence-corrected chi connectivity index (χ2v) is 9.67. The van der Waals surface area contributed by atoms with Crippen LogP contribution in [0.1, 0.15) is 22.6 Å². The summed E-state index contributed by atoms with van der Waals surface area (Å²) in [7, 11) is 5.38. The molecule has 2 heterocycles. The van der Waals surface area contributed by atoms with Crippen molar-refractivity contribution in [2.45, 2.75) is 5.92 Å². The van der Waals surface area contributed by atoms with E-state index in [0.717, 1.165) is 72.4 Å². The fraction of sp³-hybridized carbons (Fsp3) is 0.121. The van der Waals surface area contributed by atoms with Crippen molar-refractivity contribution in [3.8, 4) is 11.5 Å². The van der Waals surface area contributed by atoms with Crippen LogP contribution < -0.4 is 14.5 Å². The van der Waals surface area contributed by atoms with Gasteiger partial charge in [-0.1, -0.05) is 60.7 Å². The Hall–Kier alpha value is -4.97. The second-order valence-electron chi connectivity index (χ2n) is 9.67. The monoisotopic (exact) mass is 510 g/mol. The van der Waals surface area contributed by atoms with Gasteiger partial charge in [-0.3, -0.25) is 5.01 Å². The van der Waals surface area contributed by atoms with E-state index in [2.05, 4.69) is 42.5 Å². The van der Waals surface area contributed by atoms with Crippen LogP contribution in [-0.2, 0) is 0 Å². The van der Waals surface area contributed by atoms with Gasteiger partial charge in [0.2, 0.25) is 0 Å². The van der Waals surface area contributed by atoms with Gasteiger partial charge in [0.15, 0.2) is 0 Å². The highest BCUT2D eigenvalue weighted by Gasteiger charge is 2.35. The average Bonchev–Trinajstić information content (AvgIpc) is 3.00. The van der Waals surface area contributed by atoms with Gasteiger partial charge in [0.25, 0.3) is 0 Å². The Kier molecular flexibility index (Phi) is 5.40. The van der Waals surface area contributed by atoms with E-state index in [-0.39, 0.29) is 5.92 Å². The Morgan fingerprint density at radius 1 is 0.667 bits per heavy atom. The van der Waals surface area contributed by atoms with Gasteiger partial charge < -0.3 is 9.47 Å². The summed E-state index contributed by atoms with van der Waals surface area (Å²) in [4.78, 5) is 10.4. The standard InChI is InChI=1S/C33H26N4O2/c1-37-33-25-15-5-4-14-24(25)31-32(35-27-17-7-6-16-26(27)34-31)29(33)28(20-10-8-12-22(18-20)38-2)30(36-37)21-11-9-13-23(19-21)39-3/h4-19,28H,1-3H3. The summed E-state index contributed by atoms with van der Waals surface area (Å²) in [5.74, 6) is 1.35. The third-order valence-electron chi connectivity index (χ3n) is 7.45. The predicted octanol–water partition coefficient (Wildman–Crippen LogP) is 6.94. The maximum Gasteiger partial charge on any atom is 0.119 e. The van der Waals surface area contributed by atoms with Crippen LogP contribution in [0.2, 0.25) is 0 Å². The molecule has 39 heavy (non-hydrogen) atoms.